The van der Waals surface area contributed by atoms with E-state index in [1.165, 1.54) is 29.1 Å². The van der Waals surface area contributed by atoms with E-state index in [4.69, 9.17) is 5.11 Å². The second-order valence-corrected chi connectivity index (χ2v) is 5.48. The molecule has 1 fully saturated rings. The summed E-state index contributed by atoms with van der Waals surface area (Å²) in [6.45, 7) is 0.890. The van der Waals surface area contributed by atoms with Gasteiger partial charge in [-0.1, -0.05) is 12.1 Å². The Labute approximate surface area is 131 Å². The van der Waals surface area contributed by atoms with Gasteiger partial charge >= 0.3 is 5.97 Å². The number of carbonyl (C=O) groups is 1. The van der Waals surface area contributed by atoms with E-state index in [0.717, 1.165) is 0 Å². The van der Waals surface area contributed by atoms with Gasteiger partial charge in [0.1, 0.15) is 5.82 Å². The highest BCUT2D eigenvalue weighted by atomic mass is 19.1. The molecular weight excluding hydrogens is 301 g/mol. The van der Waals surface area contributed by atoms with E-state index in [1.807, 2.05) is 0 Å². The molecule has 0 atom stereocenters. The van der Waals surface area contributed by atoms with E-state index >= 15 is 0 Å². The Balaban J connectivity index is 1.91. The summed E-state index contributed by atoms with van der Waals surface area (Å²) in [6, 6.07) is 6.03. The number of rotatable bonds is 3. The van der Waals surface area contributed by atoms with Crippen LogP contribution in [0.2, 0.25) is 0 Å². The number of carboxylic acids is 1. The van der Waals surface area contributed by atoms with Gasteiger partial charge in [0.15, 0.2) is 5.82 Å². The molecule has 23 heavy (non-hydrogen) atoms. The van der Waals surface area contributed by atoms with Gasteiger partial charge in [-0.2, -0.15) is 0 Å². The SMILES string of the molecule is O=C(O)C1CCN(c2nccn(-c3ccccc3F)c2=O)CC1. The smallest absolute Gasteiger partial charge is 0.306 e. The Morgan fingerprint density at radius 1 is 1.26 bits per heavy atom. The quantitative estimate of drug-likeness (QED) is 0.932. The van der Waals surface area contributed by atoms with Gasteiger partial charge in [0, 0.05) is 25.5 Å². The Morgan fingerprint density at radius 2 is 1.96 bits per heavy atom. The van der Waals surface area contributed by atoms with Crippen molar-refractivity contribution in [1.29, 1.82) is 0 Å². The first kappa shape index (κ1) is 15.2. The largest absolute Gasteiger partial charge is 0.481 e. The molecule has 0 saturated carbocycles. The normalized spacial score (nSPS) is 15.6. The summed E-state index contributed by atoms with van der Waals surface area (Å²) < 4.78 is 15.1. The number of halogens is 1. The Hall–Kier alpha value is -2.70. The number of aromatic nitrogens is 2. The molecule has 0 amide bonds. The first-order chi connectivity index (χ1) is 11.1. The molecule has 1 aliphatic heterocycles. The van der Waals surface area contributed by atoms with Crippen LogP contribution in [0.25, 0.3) is 5.69 Å². The average Bonchev–Trinajstić information content (AvgIpc) is 2.56. The highest BCUT2D eigenvalue weighted by Gasteiger charge is 2.26. The summed E-state index contributed by atoms with van der Waals surface area (Å²) in [5, 5.41) is 9.03. The minimum absolute atomic E-state index is 0.168. The number of para-hydroxylation sites is 1. The molecule has 0 unspecified atom stereocenters. The van der Waals surface area contributed by atoms with E-state index in [1.54, 1.807) is 17.0 Å². The molecule has 3 rings (SSSR count). The zero-order valence-corrected chi connectivity index (χ0v) is 12.4. The van der Waals surface area contributed by atoms with Crippen LogP contribution in [0.15, 0.2) is 41.5 Å². The third-order valence-electron chi connectivity index (χ3n) is 4.08. The fourth-order valence-electron chi connectivity index (χ4n) is 2.79. The standard InChI is InChI=1S/C16H16FN3O3/c17-12-3-1-2-4-13(12)20-10-7-18-14(15(20)21)19-8-5-11(6-9-19)16(22)23/h1-4,7,10-11H,5-6,8-9H2,(H,22,23). The second-order valence-electron chi connectivity index (χ2n) is 5.48. The van der Waals surface area contributed by atoms with Gasteiger partial charge in [0.2, 0.25) is 0 Å². The molecule has 1 aliphatic rings. The maximum atomic E-state index is 13.9. The lowest BCUT2D eigenvalue weighted by molar-refractivity contribution is -0.142. The van der Waals surface area contributed by atoms with Gasteiger partial charge < -0.3 is 10.0 Å². The fraction of sp³-hybridized carbons (Fsp3) is 0.312. The highest BCUT2D eigenvalue weighted by Crippen LogP contribution is 2.20. The summed E-state index contributed by atoms with van der Waals surface area (Å²) in [5.74, 6) is -1.46. The van der Waals surface area contributed by atoms with Gasteiger partial charge in [-0.25, -0.2) is 9.37 Å². The summed E-state index contributed by atoms with van der Waals surface area (Å²) in [4.78, 5) is 29.5. The number of piperidine rings is 1. The summed E-state index contributed by atoms with van der Waals surface area (Å²) in [6.07, 6.45) is 3.80. The fourth-order valence-corrected chi connectivity index (χ4v) is 2.79. The van der Waals surface area contributed by atoms with Crippen molar-refractivity contribution in [3.63, 3.8) is 0 Å². The zero-order chi connectivity index (χ0) is 16.4. The zero-order valence-electron chi connectivity index (χ0n) is 12.4. The molecule has 1 saturated heterocycles. The van der Waals surface area contributed by atoms with Crippen molar-refractivity contribution >= 4 is 11.8 Å². The third-order valence-corrected chi connectivity index (χ3v) is 4.08. The van der Waals surface area contributed by atoms with Crippen LogP contribution < -0.4 is 10.5 Å². The molecule has 120 valence electrons. The maximum absolute atomic E-state index is 13.9. The minimum atomic E-state index is -0.811. The van der Waals surface area contributed by atoms with Crippen molar-refractivity contribution in [3.8, 4) is 5.69 Å². The number of aliphatic carboxylic acids is 1. The third kappa shape index (κ3) is 2.94. The van der Waals surface area contributed by atoms with Gasteiger partial charge in [0.25, 0.3) is 5.56 Å². The van der Waals surface area contributed by atoms with E-state index in [-0.39, 0.29) is 17.4 Å². The number of hydrogen-bond acceptors (Lipinski definition) is 4. The summed E-state index contributed by atoms with van der Waals surface area (Å²) >= 11 is 0. The number of anilines is 1. The summed E-state index contributed by atoms with van der Waals surface area (Å²) in [7, 11) is 0. The van der Waals surface area contributed by atoms with Crippen LogP contribution in [-0.4, -0.2) is 33.7 Å². The first-order valence-corrected chi connectivity index (χ1v) is 7.38. The Bertz CT molecular complexity index is 782. The molecule has 1 aromatic heterocycles. The molecule has 0 radical (unpaired) electrons. The number of benzene rings is 1. The van der Waals surface area contributed by atoms with Crippen LogP contribution >= 0.6 is 0 Å². The first-order valence-electron chi connectivity index (χ1n) is 7.38. The van der Waals surface area contributed by atoms with Crippen LogP contribution in [-0.2, 0) is 4.79 Å². The van der Waals surface area contributed by atoms with E-state index in [2.05, 4.69) is 4.98 Å². The molecular formula is C16H16FN3O3. The van der Waals surface area contributed by atoms with Crippen molar-refractivity contribution in [2.75, 3.05) is 18.0 Å². The molecule has 1 N–H and O–H groups in total. The lowest BCUT2D eigenvalue weighted by atomic mass is 9.97. The number of carboxylic acid groups (broad SMARTS) is 1. The van der Waals surface area contributed by atoms with E-state index in [0.29, 0.717) is 25.9 Å². The van der Waals surface area contributed by atoms with E-state index < -0.39 is 17.3 Å². The van der Waals surface area contributed by atoms with Crippen LogP contribution in [0.4, 0.5) is 10.2 Å². The number of nitrogens with zero attached hydrogens (tertiary/aromatic N) is 3. The Morgan fingerprint density at radius 3 is 2.61 bits per heavy atom. The topological polar surface area (TPSA) is 75.4 Å². The van der Waals surface area contributed by atoms with Crippen molar-refractivity contribution < 1.29 is 14.3 Å². The monoisotopic (exact) mass is 317 g/mol. The van der Waals surface area contributed by atoms with Crippen LogP contribution in [0.3, 0.4) is 0 Å². The second kappa shape index (κ2) is 6.20. The predicted molar refractivity (Wildman–Crippen MR) is 82.4 cm³/mol. The highest BCUT2D eigenvalue weighted by molar-refractivity contribution is 5.70. The summed E-state index contributed by atoms with van der Waals surface area (Å²) in [5.41, 5.74) is -0.243. The van der Waals surface area contributed by atoms with Crippen LogP contribution in [0.5, 0.6) is 0 Å². The molecule has 0 aliphatic carbocycles. The van der Waals surface area contributed by atoms with Gasteiger partial charge in [0.05, 0.1) is 11.6 Å². The Kier molecular flexibility index (Phi) is 4.10. The van der Waals surface area contributed by atoms with Gasteiger partial charge in [-0.05, 0) is 25.0 Å². The van der Waals surface area contributed by atoms with E-state index in [9.17, 15) is 14.0 Å². The number of hydrogen-bond donors (Lipinski definition) is 1. The molecule has 0 bridgehead atoms. The molecule has 2 heterocycles. The molecule has 2 aromatic rings. The molecule has 6 nitrogen and oxygen atoms in total. The van der Waals surface area contributed by atoms with Gasteiger partial charge in [-0.15, -0.1) is 0 Å². The predicted octanol–water partition coefficient (Wildman–Crippen LogP) is 1.67. The van der Waals surface area contributed by atoms with Crippen LogP contribution in [0.1, 0.15) is 12.8 Å². The minimum Gasteiger partial charge on any atom is -0.481 e. The average molecular weight is 317 g/mol. The van der Waals surface area contributed by atoms with Crippen LogP contribution in [0, 0.1) is 11.7 Å². The maximum Gasteiger partial charge on any atom is 0.306 e. The van der Waals surface area contributed by atoms with Crippen molar-refractivity contribution in [2.45, 2.75) is 12.8 Å². The lowest BCUT2D eigenvalue weighted by Gasteiger charge is -2.30. The lowest BCUT2D eigenvalue weighted by Crippen LogP contribution is -2.40. The van der Waals surface area contributed by atoms with Gasteiger partial charge in [-0.3, -0.25) is 14.2 Å². The molecule has 7 heteroatoms. The van der Waals surface area contributed by atoms with Crippen molar-refractivity contribution in [3.05, 3.63) is 52.8 Å². The molecule has 0 spiro atoms. The van der Waals surface area contributed by atoms with Crippen molar-refractivity contribution in [1.82, 2.24) is 9.55 Å². The molecule has 1 aromatic carbocycles. The van der Waals surface area contributed by atoms with Crippen molar-refractivity contribution in [2.24, 2.45) is 5.92 Å².